The second-order valence-corrected chi connectivity index (χ2v) is 10.5. The van der Waals surface area contributed by atoms with Gasteiger partial charge in [-0.3, -0.25) is 0 Å². The second kappa shape index (κ2) is 8.03. The summed E-state index contributed by atoms with van der Waals surface area (Å²) in [4.78, 5) is 14.0. The lowest BCUT2D eigenvalue weighted by atomic mass is 9.71. The molecular formula is C21H26F3NO5S. The van der Waals surface area contributed by atoms with Crippen LogP contribution < -0.4 is 0 Å². The Hall–Kier alpha value is -2.23. The van der Waals surface area contributed by atoms with Crippen molar-refractivity contribution in [1.82, 2.24) is 4.90 Å². The average Bonchev–Trinajstić information content (AvgIpc) is 2.81. The standard InChI is InChI=1S/C21H26F3NO5S/c1-19(2,3)29-18(26)25-11-6-9-20(10-12-25)13-15-7-4-5-8-16(15)17(14-20)30-31(27,28)21(22,23)24/h4-5,7-8,14H,6,9-13H2,1-3H3. The molecule has 1 aliphatic carbocycles. The molecule has 1 fully saturated rings. The molecule has 172 valence electrons. The van der Waals surface area contributed by atoms with E-state index in [2.05, 4.69) is 4.18 Å². The summed E-state index contributed by atoms with van der Waals surface area (Å²) in [7, 11) is -5.80. The quantitative estimate of drug-likeness (QED) is 0.465. The monoisotopic (exact) mass is 461 g/mol. The van der Waals surface area contributed by atoms with Crippen LogP contribution in [0.5, 0.6) is 0 Å². The molecule has 0 bridgehead atoms. The number of ether oxygens (including phenoxy) is 1. The van der Waals surface area contributed by atoms with Gasteiger partial charge in [0.05, 0.1) is 0 Å². The summed E-state index contributed by atoms with van der Waals surface area (Å²) in [5.74, 6) is -0.315. The largest absolute Gasteiger partial charge is 0.534 e. The van der Waals surface area contributed by atoms with E-state index >= 15 is 0 Å². The lowest BCUT2D eigenvalue weighted by molar-refractivity contribution is -0.0510. The van der Waals surface area contributed by atoms with Gasteiger partial charge in [-0.25, -0.2) is 4.79 Å². The minimum atomic E-state index is -5.80. The summed E-state index contributed by atoms with van der Waals surface area (Å²) >= 11 is 0. The van der Waals surface area contributed by atoms with Gasteiger partial charge in [-0.1, -0.05) is 24.3 Å². The number of allylic oxidation sites excluding steroid dienone is 1. The fourth-order valence-corrected chi connectivity index (χ4v) is 4.45. The molecule has 2 aliphatic rings. The van der Waals surface area contributed by atoms with Crippen molar-refractivity contribution >= 4 is 22.0 Å². The maximum absolute atomic E-state index is 12.9. The molecular weight excluding hydrogens is 435 g/mol. The van der Waals surface area contributed by atoms with Crippen molar-refractivity contribution in [3.05, 3.63) is 41.5 Å². The predicted octanol–water partition coefficient (Wildman–Crippen LogP) is 4.86. The fourth-order valence-electron chi connectivity index (χ4n) is 3.98. The van der Waals surface area contributed by atoms with E-state index in [0.717, 1.165) is 0 Å². The Bertz CT molecular complexity index is 981. The smallest absolute Gasteiger partial charge is 0.444 e. The van der Waals surface area contributed by atoms with Crippen LogP contribution in [-0.2, 0) is 25.5 Å². The summed E-state index contributed by atoms with van der Waals surface area (Å²) in [5, 5.41) is 0. The zero-order valence-electron chi connectivity index (χ0n) is 17.7. The highest BCUT2D eigenvalue weighted by Gasteiger charge is 2.50. The maximum atomic E-state index is 12.9. The molecule has 1 spiro atoms. The SMILES string of the molecule is CC(C)(C)OC(=O)N1CCCC2(C=C(OS(=O)(=O)C(F)(F)F)c3ccccc3C2)CC1. The van der Waals surface area contributed by atoms with Gasteiger partial charge >= 0.3 is 21.7 Å². The number of hydrogen-bond acceptors (Lipinski definition) is 5. The van der Waals surface area contributed by atoms with E-state index in [-0.39, 0.29) is 5.76 Å². The number of rotatable bonds is 2. The molecule has 1 amide bonds. The first-order valence-electron chi connectivity index (χ1n) is 10.0. The van der Waals surface area contributed by atoms with Crippen molar-refractivity contribution in [3.63, 3.8) is 0 Å². The third-order valence-electron chi connectivity index (χ3n) is 5.38. The predicted molar refractivity (Wildman–Crippen MR) is 108 cm³/mol. The van der Waals surface area contributed by atoms with Crippen molar-refractivity contribution in [2.75, 3.05) is 13.1 Å². The number of amides is 1. The van der Waals surface area contributed by atoms with E-state index in [1.807, 2.05) is 0 Å². The molecule has 1 aromatic rings. The van der Waals surface area contributed by atoms with E-state index in [1.165, 1.54) is 6.08 Å². The lowest BCUT2D eigenvalue weighted by Crippen LogP contribution is -2.38. The van der Waals surface area contributed by atoms with E-state index in [1.54, 1.807) is 49.9 Å². The number of hydrogen-bond donors (Lipinski definition) is 0. The number of benzene rings is 1. The van der Waals surface area contributed by atoms with Crippen LogP contribution in [0.2, 0.25) is 0 Å². The Balaban J connectivity index is 1.90. The number of carbonyl (C=O) groups is 1. The molecule has 10 heteroatoms. The molecule has 31 heavy (non-hydrogen) atoms. The van der Waals surface area contributed by atoms with Crippen LogP contribution in [0.15, 0.2) is 30.3 Å². The molecule has 0 radical (unpaired) electrons. The van der Waals surface area contributed by atoms with Crippen LogP contribution in [0.3, 0.4) is 0 Å². The number of carbonyl (C=O) groups excluding carboxylic acids is 1. The normalized spacial score (nSPS) is 22.4. The van der Waals surface area contributed by atoms with E-state index in [0.29, 0.717) is 49.9 Å². The number of fused-ring (bicyclic) bond motifs is 1. The highest BCUT2D eigenvalue weighted by Crippen LogP contribution is 2.45. The van der Waals surface area contributed by atoms with Crippen LogP contribution in [0, 0.1) is 5.41 Å². The number of halogens is 3. The molecule has 6 nitrogen and oxygen atoms in total. The minimum Gasteiger partial charge on any atom is -0.444 e. The van der Waals surface area contributed by atoms with Crippen molar-refractivity contribution in [2.24, 2.45) is 5.41 Å². The van der Waals surface area contributed by atoms with Crippen LogP contribution >= 0.6 is 0 Å². The number of alkyl halides is 3. The molecule has 0 saturated carbocycles. The van der Waals surface area contributed by atoms with Gasteiger partial charge in [0.1, 0.15) is 11.4 Å². The van der Waals surface area contributed by atoms with Crippen molar-refractivity contribution in [3.8, 4) is 0 Å². The van der Waals surface area contributed by atoms with Crippen LogP contribution in [0.1, 0.15) is 51.2 Å². The third-order valence-corrected chi connectivity index (χ3v) is 6.35. The minimum absolute atomic E-state index is 0.315. The van der Waals surface area contributed by atoms with Gasteiger partial charge in [-0.2, -0.15) is 21.6 Å². The van der Waals surface area contributed by atoms with Gasteiger partial charge in [0.25, 0.3) is 0 Å². The van der Waals surface area contributed by atoms with E-state index < -0.39 is 32.7 Å². The summed E-state index contributed by atoms with van der Waals surface area (Å²) in [6, 6.07) is 6.66. The molecule has 1 aromatic carbocycles. The Morgan fingerprint density at radius 1 is 1.10 bits per heavy atom. The average molecular weight is 462 g/mol. The van der Waals surface area contributed by atoms with Crippen molar-refractivity contribution in [2.45, 2.75) is 57.6 Å². The molecule has 1 unspecified atom stereocenters. The number of likely N-dealkylation sites (tertiary alicyclic amines) is 1. The Morgan fingerprint density at radius 3 is 2.42 bits per heavy atom. The van der Waals surface area contributed by atoms with Gasteiger partial charge in [-0.05, 0) is 63.5 Å². The zero-order valence-corrected chi connectivity index (χ0v) is 18.5. The molecule has 0 aromatic heterocycles. The first kappa shape index (κ1) is 23.4. The Labute approximate surface area is 180 Å². The summed E-state index contributed by atoms with van der Waals surface area (Å²) in [6.45, 7) is 6.11. The zero-order chi connectivity index (χ0) is 23.1. The fraction of sp³-hybridized carbons (Fsp3) is 0.571. The molecule has 3 rings (SSSR count). The van der Waals surface area contributed by atoms with Gasteiger partial charge in [0.2, 0.25) is 0 Å². The second-order valence-electron chi connectivity index (χ2n) is 9.01. The van der Waals surface area contributed by atoms with Gasteiger partial charge < -0.3 is 13.8 Å². The van der Waals surface area contributed by atoms with E-state index in [4.69, 9.17) is 4.74 Å². The molecule has 0 N–H and O–H groups in total. The number of nitrogens with zero attached hydrogens (tertiary/aromatic N) is 1. The molecule has 1 aliphatic heterocycles. The summed E-state index contributed by atoms with van der Waals surface area (Å²) < 4.78 is 72.2. The third kappa shape index (κ3) is 5.34. The maximum Gasteiger partial charge on any atom is 0.534 e. The van der Waals surface area contributed by atoms with Gasteiger partial charge in [0, 0.05) is 18.7 Å². The summed E-state index contributed by atoms with van der Waals surface area (Å²) in [6.07, 6.45) is 3.18. The van der Waals surface area contributed by atoms with Crippen molar-refractivity contribution in [1.29, 1.82) is 0 Å². The topological polar surface area (TPSA) is 72.9 Å². The van der Waals surface area contributed by atoms with Crippen LogP contribution in [-0.4, -0.2) is 43.6 Å². The van der Waals surface area contributed by atoms with Gasteiger partial charge in [0.15, 0.2) is 0 Å². The Morgan fingerprint density at radius 2 is 1.77 bits per heavy atom. The molecule has 1 heterocycles. The van der Waals surface area contributed by atoms with Crippen LogP contribution in [0.25, 0.3) is 5.76 Å². The molecule has 1 atom stereocenters. The molecule has 1 saturated heterocycles. The van der Waals surface area contributed by atoms with Crippen LogP contribution in [0.4, 0.5) is 18.0 Å². The van der Waals surface area contributed by atoms with E-state index in [9.17, 15) is 26.4 Å². The van der Waals surface area contributed by atoms with Crippen molar-refractivity contribution < 1.29 is 35.3 Å². The summed E-state index contributed by atoms with van der Waals surface area (Å²) in [5.41, 5.74) is -5.75. The lowest BCUT2D eigenvalue weighted by Gasteiger charge is -2.35. The van der Waals surface area contributed by atoms with Gasteiger partial charge in [-0.15, -0.1) is 0 Å². The Kier molecular flexibility index (Phi) is 6.07. The first-order chi connectivity index (χ1) is 14.2. The first-order valence-corrected chi connectivity index (χ1v) is 11.4. The highest BCUT2D eigenvalue weighted by atomic mass is 32.2. The highest BCUT2D eigenvalue weighted by molar-refractivity contribution is 7.87.